The van der Waals surface area contributed by atoms with Gasteiger partial charge in [-0.15, -0.1) is 0 Å². The molecule has 0 amide bonds. The van der Waals surface area contributed by atoms with Crippen molar-refractivity contribution in [2.24, 2.45) is 0 Å². The van der Waals surface area contributed by atoms with Crippen LogP contribution in [0, 0.1) is 22.7 Å². The Hall–Kier alpha value is -2.04. The zero-order valence-corrected chi connectivity index (χ0v) is 12.1. The van der Waals surface area contributed by atoms with E-state index in [-0.39, 0.29) is 6.04 Å². The molecule has 0 spiro atoms. The third-order valence-corrected chi connectivity index (χ3v) is 4.19. The summed E-state index contributed by atoms with van der Waals surface area (Å²) in [7, 11) is 2.10. The summed E-state index contributed by atoms with van der Waals surface area (Å²) in [6, 6.07) is 12.9. The van der Waals surface area contributed by atoms with Gasteiger partial charge in [-0.3, -0.25) is 4.90 Å². The lowest BCUT2D eigenvalue weighted by Crippen LogP contribution is -2.41. The molecule has 1 saturated heterocycles. The normalized spacial score (nSPS) is 23.7. The number of anilines is 1. The Labute approximate surface area is 120 Å². The van der Waals surface area contributed by atoms with Crippen LogP contribution in [0.15, 0.2) is 24.3 Å². The molecule has 0 radical (unpaired) electrons. The predicted octanol–water partition coefficient (Wildman–Crippen LogP) is 2.37. The first-order valence-corrected chi connectivity index (χ1v) is 6.99. The van der Waals surface area contributed by atoms with E-state index in [0.717, 1.165) is 25.2 Å². The summed E-state index contributed by atoms with van der Waals surface area (Å²) in [5.41, 5.74) is 1.76. The van der Waals surface area contributed by atoms with Gasteiger partial charge in [0.15, 0.2) is 0 Å². The van der Waals surface area contributed by atoms with Crippen LogP contribution in [0.2, 0.25) is 0 Å². The lowest BCUT2D eigenvalue weighted by atomic mass is 10.1. The van der Waals surface area contributed by atoms with Crippen LogP contribution in [0.5, 0.6) is 0 Å². The third-order valence-electron chi connectivity index (χ3n) is 4.19. The molecule has 1 aliphatic rings. The molecular formula is C16H20N4. The molecule has 0 aliphatic carbocycles. The lowest BCUT2D eigenvalue weighted by Gasteiger charge is -2.30. The molecule has 0 N–H and O–H groups in total. The maximum absolute atomic E-state index is 9.02. The number of hydrogen-bond donors (Lipinski definition) is 0. The van der Waals surface area contributed by atoms with Crippen LogP contribution in [0.25, 0.3) is 0 Å². The van der Waals surface area contributed by atoms with Gasteiger partial charge in [-0.1, -0.05) is 6.07 Å². The second-order valence-electron chi connectivity index (χ2n) is 5.43. The van der Waals surface area contributed by atoms with Gasteiger partial charge in [0.1, 0.15) is 0 Å². The van der Waals surface area contributed by atoms with Gasteiger partial charge in [0, 0.05) is 30.9 Å². The van der Waals surface area contributed by atoms with Crippen LogP contribution in [0.4, 0.5) is 5.69 Å². The Morgan fingerprint density at radius 1 is 1.35 bits per heavy atom. The van der Waals surface area contributed by atoms with Crippen molar-refractivity contribution in [2.75, 3.05) is 25.0 Å². The van der Waals surface area contributed by atoms with E-state index in [0.29, 0.717) is 18.0 Å². The summed E-state index contributed by atoms with van der Waals surface area (Å²) in [6.07, 6.45) is 1.60. The molecule has 1 fully saturated rings. The molecule has 0 saturated carbocycles. The maximum atomic E-state index is 9.02. The summed E-state index contributed by atoms with van der Waals surface area (Å²) in [6.45, 7) is 4.01. The van der Waals surface area contributed by atoms with Crippen LogP contribution in [0.3, 0.4) is 0 Å². The number of benzene rings is 1. The highest BCUT2D eigenvalue weighted by Gasteiger charge is 2.26. The van der Waals surface area contributed by atoms with Gasteiger partial charge in [-0.05, 0) is 38.6 Å². The number of hydrogen-bond acceptors (Lipinski definition) is 4. The quantitative estimate of drug-likeness (QED) is 0.826. The van der Waals surface area contributed by atoms with Crippen molar-refractivity contribution < 1.29 is 0 Å². The molecule has 1 aromatic rings. The van der Waals surface area contributed by atoms with E-state index in [9.17, 15) is 0 Å². The fraction of sp³-hybridized carbons (Fsp3) is 0.500. The summed E-state index contributed by atoms with van der Waals surface area (Å²) in [5.74, 6) is 0. The fourth-order valence-electron chi connectivity index (χ4n) is 2.70. The Morgan fingerprint density at radius 2 is 2.15 bits per heavy atom. The van der Waals surface area contributed by atoms with E-state index in [1.54, 1.807) is 0 Å². The smallest absolute Gasteiger partial charge is 0.0992 e. The van der Waals surface area contributed by atoms with Crippen molar-refractivity contribution >= 4 is 5.69 Å². The SMILES string of the molecule is CC1CCN(c2cccc(C#N)c2)CC(CC#N)N1C. The third kappa shape index (κ3) is 3.10. The van der Waals surface area contributed by atoms with E-state index < -0.39 is 0 Å². The van der Waals surface area contributed by atoms with Crippen molar-refractivity contribution in [3.8, 4) is 12.1 Å². The fourth-order valence-corrected chi connectivity index (χ4v) is 2.70. The van der Waals surface area contributed by atoms with Gasteiger partial charge >= 0.3 is 0 Å². The lowest BCUT2D eigenvalue weighted by molar-refractivity contribution is 0.199. The van der Waals surface area contributed by atoms with Crippen molar-refractivity contribution in [3.05, 3.63) is 29.8 Å². The van der Waals surface area contributed by atoms with Gasteiger partial charge in [-0.2, -0.15) is 10.5 Å². The van der Waals surface area contributed by atoms with Crippen molar-refractivity contribution in [1.29, 1.82) is 10.5 Å². The molecule has 104 valence electrons. The molecule has 1 heterocycles. The van der Waals surface area contributed by atoms with Crippen LogP contribution in [-0.2, 0) is 0 Å². The van der Waals surface area contributed by atoms with Gasteiger partial charge < -0.3 is 4.90 Å². The number of likely N-dealkylation sites (N-methyl/N-ethyl adjacent to an activating group) is 1. The topological polar surface area (TPSA) is 54.1 Å². The minimum absolute atomic E-state index is 0.239. The summed E-state index contributed by atoms with van der Waals surface area (Å²) >= 11 is 0. The van der Waals surface area contributed by atoms with E-state index in [1.165, 1.54) is 0 Å². The minimum Gasteiger partial charge on any atom is -0.370 e. The zero-order valence-electron chi connectivity index (χ0n) is 12.1. The molecule has 1 aliphatic heterocycles. The molecule has 0 bridgehead atoms. The van der Waals surface area contributed by atoms with Crippen LogP contribution in [-0.4, -0.2) is 37.1 Å². The first kappa shape index (κ1) is 14.4. The average Bonchev–Trinajstić information content (AvgIpc) is 2.61. The standard InChI is InChI=1S/C16H20N4/c1-13-7-9-20(12-16(6-8-17)19(13)2)15-5-3-4-14(10-15)11-18/h3-5,10,13,16H,6-7,9,12H2,1-2H3. The van der Waals surface area contributed by atoms with E-state index in [1.807, 2.05) is 24.3 Å². The minimum atomic E-state index is 0.239. The Balaban J connectivity index is 2.23. The largest absolute Gasteiger partial charge is 0.370 e. The molecule has 4 nitrogen and oxygen atoms in total. The first-order valence-electron chi connectivity index (χ1n) is 6.99. The summed E-state index contributed by atoms with van der Waals surface area (Å²) in [5, 5.41) is 18.0. The molecule has 2 unspecified atom stereocenters. The van der Waals surface area contributed by atoms with E-state index in [2.05, 4.69) is 35.9 Å². The highest BCUT2D eigenvalue weighted by Crippen LogP contribution is 2.23. The van der Waals surface area contributed by atoms with Gasteiger partial charge in [0.2, 0.25) is 0 Å². The first-order chi connectivity index (χ1) is 9.65. The second-order valence-corrected chi connectivity index (χ2v) is 5.43. The molecule has 1 aromatic carbocycles. The van der Waals surface area contributed by atoms with Gasteiger partial charge in [0.25, 0.3) is 0 Å². The monoisotopic (exact) mass is 268 g/mol. The molecule has 4 heteroatoms. The zero-order chi connectivity index (χ0) is 14.5. The van der Waals surface area contributed by atoms with Crippen molar-refractivity contribution in [2.45, 2.75) is 31.8 Å². The highest BCUT2D eigenvalue weighted by molar-refractivity contribution is 5.51. The Kier molecular flexibility index (Phi) is 4.61. The second kappa shape index (κ2) is 6.41. The van der Waals surface area contributed by atoms with Crippen LogP contribution >= 0.6 is 0 Å². The van der Waals surface area contributed by atoms with E-state index in [4.69, 9.17) is 10.5 Å². The molecular weight excluding hydrogens is 248 g/mol. The van der Waals surface area contributed by atoms with Crippen molar-refractivity contribution in [1.82, 2.24) is 4.90 Å². The van der Waals surface area contributed by atoms with Gasteiger partial charge in [0.05, 0.1) is 24.1 Å². The Bertz CT molecular complexity index is 540. The van der Waals surface area contributed by atoms with Gasteiger partial charge in [-0.25, -0.2) is 0 Å². The predicted molar refractivity (Wildman–Crippen MR) is 79.2 cm³/mol. The number of nitrogens with zero attached hydrogens (tertiary/aromatic N) is 4. The van der Waals surface area contributed by atoms with Crippen LogP contribution < -0.4 is 4.90 Å². The highest BCUT2D eigenvalue weighted by atomic mass is 15.2. The molecule has 0 aromatic heterocycles. The van der Waals surface area contributed by atoms with Crippen LogP contribution in [0.1, 0.15) is 25.3 Å². The summed E-state index contributed by atoms with van der Waals surface area (Å²) in [4.78, 5) is 4.60. The molecule has 2 rings (SSSR count). The summed E-state index contributed by atoms with van der Waals surface area (Å²) < 4.78 is 0. The molecule has 20 heavy (non-hydrogen) atoms. The number of rotatable bonds is 2. The van der Waals surface area contributed by atoms with E-state index >= 15 is 0 Å². The Morgan fingerprint density at radius 3 is 2.85 bits per heavy atom. The molecule has 2 atom stereocenters. The maximum Gasteiger partial charge on any atom is 0.0992 e. The number of nitriles is 2. The average molecular weight is 268 g/mol. The van der Waals surface area contributed by atoms with Crippen molar-refractivity contribution in [3.63, 3.8) is 0 Å².